The minimum absolute atomic E-state index is 0.0472. The molecule has 3 saturated heterocycles. The predicted octanol–water partition coefficient (Wildman–Crippen LogP) is 6.66. The first kappa shape index (κ1) is 35.6. The van der Waals surface area contributed by atoms with Crippen molar-refractivity contribution in [3.05, 3.63) is 70.4 Å². The van der Waals surface area contributed by atoms with Crippen LogP contribution < -0.4 is 9.64 Å². The Morgan fingerprint density at radius 1 is 1.08 bits per heavy atom. The van der Waals surface area contributed by atoms with Crippen molar-refractivity contribution in [2.75, 3.05) is 50.8 Å². The van der Waals surface area contributed by atoms with Gasteiger partial charge in [0.15, 0.2) is 11.6 Å². The number of benzene rings is 1. The number of nitriles is 1. The fraction of sp³-hybridized carbons (Fsp3) is 0.447. The van der Waals surface area contributed by atoms with Gasteiger partial charge in [0, 0.05) is 62.2 Å². The zero-order valence-corrected chi connectivity index (χ0v) is 30.0. The third-order valence-electron chi connectivity index (χ3n) is 10.4. The van der Waals surface area contributed by atoms with E-state index in [0.29, 0.717) is 53.0 Å². The number of hydrogen-bond donors (Lipinski definition) is 0. The van der Waals surface area contributed by atoms with Crippen LogP contribution in [0.1, 0.15) is 68.4 Å². The van der Waals surface area contributed by atoms with Gasteiger partial charge in [-0.2, -0.15) is 15.2 Å². The van der Waals surface area contributed by atoms with Gasteiger partial charge in [-0.05, 0) is 82.2 Å². The van der Waals surface area contributed by atoms with Crippen LogP contribution in [0.4, 0.5) is 14.6 Å². The molecule has 14 heteroatoms. The fourth-order valence-corrected chi connectivity index (χ4v) is 8.05. The summed E-state index contributed by atoms with van der Waals surface area (Å²) in [5.74, 6) is -0.928. The van der Waals surface area contributed by atoms with E-state index in [1.165, 1.54) is 18.0 Å². The van der Waals surface area contributed by atoms with Gasteiger partial charge in [0.1, 0.15) is 29.5 Å². The maximum absolute atomic E-state index is 16.7. The minimum atomic E-state index is -0.896. The molecule has 3 aromatic heterocycles. The Kier molecular flexibility index (Phi) is 10.3. The van der Waals surface area contributed by atoms with Crippen LogP contribution in [0.2, 0.25) is 5.02 Å². The number of aryl methyl sites for hydroxylation is 1. The summed E-state index contributed by atoms with van der Waals surface area (Å²) in [4.78, 5) is 41.2. The molecule has 3 aliphatic heterocycles. The van der Waals surface area contributed by atoms with Crippen LogP contribution in [0.5, 0.6) is 6.01 Å². The monoisotopic (exact) mass is 727 g/mol. The third-order valence-corrected chi connectivity index (χ3v) is 10.7. The number of piperazine rings is 1. The lowest BCUT2D eigenvalue weighted by molar-refractivity contribution is -0.128. The Hall–Kier alpha value is -4.80. The van der Waals surface area contributed by atoms with Crippen LogP contribution in [0.25, 0.3) is 28.2 Å². The smallest absolute Gasteiger partial charge is 0.319 e. The molecular formula is C38H40ClF2N9O2. The second kappa shape index (κ2) is 15.0. The lowest BCUT2D eigenvalue weighted by Gasteiger charge is -2.35. The van der Waals surface area contributed by atoms with Crippen LogP contribution in [0.15, 0.2) is 42.5 Å². The van der Waals surface area contributed by atoms with E-state index >= 15 is 8.78 Å². The Morgan fingerprint density at radius 2 is 1.81 bits per heavy atom. The van der Waals surface area contributed by atoms with Crippen molar-refractivity contribution >= 4 is 40.3 Å². The Balaban J connectivity index is 0.00000136. The highest BCUT2D eigenvalue weighted by molar-refractivity contribution is 6.32. The summed E-state index contributed by atoms with van der Waals surface area (Å²) in [7, 11) is 0. The summed E-state index contributed by atoms with van der Waals surface area (Å²) in [5, 5.41) is 8.37. The lowest BCUT2D eigenvalue weighted by atomic mass is 9.95. The van der Waals surface area contributed by atoms with Crippen molar-refractivity contribution in [3.63, 3.8) is 0 Å². The van der Waals surface area contributed by atoms with Crippen LogP contribution in [0.3, 0.4) is 0 Å². The van der Waals surface area contributed by atoms with E-state index in [9.17, 15) is 4.79 Å². The molecule has 4 fully saturated rings. The Labute approximate surface area is 306 Å². The summed E-state index contributed by atoms with van der Waals surface area (Å²) >= 11 is 6.62. The van der Waals surface area contributed by atoms with E-state index in [-0.39, 0.29) is 41.8 Å². The quantitative estimate of drug-likeness (QED) is 0.182. The van der Waals surface area contributed by atoms with Crippen molar-refractivity contribution in [2.24, 2.45) is 0 Å². The number of carbonyl (C=O) groups is 1. The van der Waals surface area contributed by atoms with Crippen molar-refractivity contribution in [3.8, 4) is 23.3 Å². The van der Waals surface area contributed by atoms with Gasteiger partial charge in [-0.25, -0.2) is 18.7 Å². The molecule has 1 amide bonds. The first-order valence-corrected chi connectivity index (χ1v) is 18.1. The Bertz CT molecular complexity index is 2050. The average Bonchev–Trinajstić information content (AvgIpc) is 3.78. The molecule has 0 radical (unpaired) electrons. The normalized spacial score (nSPS) is 18.5. The van der Waals surface area contributed by atoms with Crippen molar-refractivity contribution in [2.45, 2.75) is 63.8 Å². The second-order valence-corrected chi connectivity index (χ2v) is 14.1. The molecule has 1 saturated carbocycles. The topological polar surface area (TPSA) is 124 Å². The van der Waals surface area contributed by atoms with Gasteiger partial charge in [-0.3, -0.25) is 14.7 Å². The molecular weight excluding hydrogens is 688 g/mol. The minimum Gasteiger partial charge on any atom is -0.461 e. The van der Waals surface area contributed by atoms with Crippen LogP contribution in [-0.4, -0.2) is 92.0 Å². The fourth-order valence-electron chi connectivity index (χ4n) is 7.72. The van der Waals surface area contributed by atoms with E-state index < -0.39 is 17.6 Å². The highest BCUT2D eigenvalue weighted by Crippen LogP contribution is 2.48. The van der Waals surface area contributed by atoms with Crippen LogP contribution in [0, 0.1) is 24.1 Å². The molecule has 4 aromatic rings. The van der Waals surface area contributed by atoms with Crippen molar-refractivity contribution in [1.29, 1.82) is 5.26 Å². The number of rotatable bonds is 8. The number of nitrogens with zero attached hydrogens (tertiary/aromatic N) is 9. The van der Waals surface area contributed by atoms with E-state index in [4.69, 9.17) is 26.6 Å². The maximum Gasteiger partial charge on any atom is 0.319 e. The standard InChI is InChI=1S/C36H37ClF2N8O2.C2H3N/c1-22-40-12-9-24(42-22)19-28(38)34(48)46-17-15-45(16-18-46)33-26-20-41-31(25-5-2-6-27(37)29(25)23-7-8-23)30(39)32(26)43-35(44-33)49-21-36-10-3-13-47(36)14-4-11-36;1-2-3/h2,5-6,9,12,19-20,23H,3-4,7-8,10-11,13-18,21H2,1H3;1H3/b28-19-;. The molecule has 1 aliphatic carbocycles. The van der Waals surface area contributed by atoms with Crippen LogP contribution >= 0.6 is 11.6 Å². The first-order valence-electron chi connectivity index (χ1n) is 17.8. The number of anilines is 1. The summed E-state index contributed by atoms with van der Waals surface area (Å²) in [6.45, 7) is 6.84. The van der Waals surface area contributed by atoms with E-state index in [2.05, 4.69) is 24.8 Å². The summed E-state index contributed by atoms with van der Waals surface area (Å²) < 4.78 is 38.1. The lowest BCUT2D eigenvalue weighted by Crippen LogP contribution is -2.49. The van der Waals surface area contributed by atoms with E-state index in [1.807, 2.05) is 23.1 Å². The van der Waals surface area contributed by atoms with Gasteiger partial charge in [-0.1, -0.05) is 23.7 Å². The number of fused-ring (bicyclic) bond motifs is 2. The van der Waals surface area contributed by atoms with Crippen molar-refractivity contribution < 1.29 is 18.3 Å². The summed E-state index contributed by atoms with van der Waals surface area (Å²) in [6.07, 6.45) is 10.6. The molecule has 8 rings (SSSR count). The SMILES string of the molecule is CC#N.Cc1nccc(/C=C(\F)C(=O)N2CCN(c3nc(OCC45CCCN4CCC5)nc4c(F)c(-c5cccc(Cl)c5C5CC5)ncc34)CC2)n1. The number of ether oxygens (including phenoxy) is 1. The molecule has 0 unspecified atom stereocenters. The molecule has 0 atom stereocenters. The maximum atomic E-state index is 16.7. The number of amides is 1. The highest BCUT2D eigenvalue weighted by Gasteiger charge is 2.45. The summed E-state index contributed by atoms with van der Waals surface area (Å²) in [6, 6.07) is 8.91. The molecule has 270 valence electrons. The predicted molar refractivity (Wildman–Crippen MR) is 194 cm³/mol. The van der Waals surface area contributed by atoms with Gasteiger partial charge >= 0.3 is 6.01 Å². The van der Waals surface area contributed by atoms with Gasteiger partial charge in [0.25, 0.3) is 5.91 Å². The molecule has 0 N–H and O–H groups in total. The molecule has 4 aliphatic rings. The van der Waals surface area contributed by atoms with E-state index in [1.54, 1.807) is 25.3 Å². The first-order chi connectivity index (χ1) is 25.2. The number of hydrogen-bond acceptors (Lipinski definition) is 10. The molecule has 0 spiro atoms. The molecule has 6 heterocycles. The Morgan fingerprint density at radius 3 is 2.50 bits per heavy atom. The molecule has 52 heavy (non-hydrogen) atoms. The van der Waals surface area contributed by atoms with Crippen molar-refractivity contribution in [1.82, 2.24) is 34.7 Å². The molecule has 11 nitrogen and oxygen atoms in total. The van der Waals surface area contributed by atoms with Gasteiger partial charge < -0.3 is 14.5 Å². The number of carbonyl (C=O) groups excluding carboxylic acids is 1. The van der Waals surface area contributed by atoms with Crippen LogP contribution in [-0.2, 0) is 4.79 Å². The van der Waals surface area contributed by atoms with Gasteiger partial charge in [-0.15, -0.1) is 0 Å². The van der Waals surface area contributed by atoms with Gasteiger partial charge in [0.05, 0.1) is 22.7 Å². The number of aromatic nitrogens is 5. The van der Waals surface area contributed by atoms with Gasteiger partial charge in [0.2, 0.25) is 0 Å². The molecule has 0 bridgehead atoms. The second-order valence-electron chi connectivity index (χ2n) is 13.7. The summed E-state index contributed by atoms with van der Waals surface area (Å²) in [5.41, 5.74) is 2.17. The highest BCUT2D eigenvalue weighted by atomic mass is 35.5. The molecule has 1 aromatic carbocycles. The zero-order valence-electron chi connectivity index (χ0n) is 29.3. The largest absolute Gasteiger partial charge is 0.461 e. The zero-order chi connectivity index (χ0) is 36.4. The average molecular weight is 728 g/mol. The third kappa shape index (κ3) is 7.14. The van der Waals surface area contributed by atoms with E-state index in [0.717, 1.165) is 63.3 Å². The number of pyridine rings is 1. The number of halogens is 3.